The number of β-amino-alcohol motifs (C(OH)–C–C–N with tert-alkyl or cyclic N) is 1. The van der Waals surface area contributed by atoms with Crippen molar-refractivity contribution in [2.75, 3.05) is 20.1 Å². The summed E-state index contributed by atoms with van der Waals surface area (Å²) in [5.74, 6) is 1.62. The second kappa shape index (κ2) is 3.57. The summed E-state index contributed by atoms with van der Waals surface area (Å²) >= 11 is 0. The molecule has 66 valence electrons. The standard InChI is InChI=1S/C8H12N2O2/c1-3-8(12)10(2)6-4-9-5-7(6)11/h1,6-7,9,11H,4-5H2,2H3/t6-,7-/m0/s1. The highest BCUT2D eigenvalue weighted by Gasteiger charge is 2.30. The molecule has 1 saturated heterocycles. The monoisotopic (exact) mass is 168 g/mol. The van der Waals surface area contributed by atoms with Crippen molar-refractivity contribution in [3.8, 4) is 12.3 Å². The summed E-state index contributed by atoms with van der Waals surface area (Å²) in [6.45, 7) is 1.12. The molecule has 0 saturated carbocycles. The number of aliphatic hydroxyl groups is 1. The van der Waals surface area contributed by atoms with Crippen LogP contribution in [0.2, 0.25) is 0 Å². The van der Waals surface area contributed by atoms with E-state index >= 15 is 0 Å². The maximum atomic E-state index is 11.0. The van der Waals surface area contributed by atoms with Gasteiger partial charge >= 0.3 is 0 Å². The van der Waals surface area contributed by atoms with Crippen molar-refractivity contribution in [1.29, 1.82) is 0 Å². The van der Waals surface area contributed by atoms with Crippen molar-refractivity contribution in [3.05, 3.63) is 0 Å². The number of hydrogen-bond acceptors (Lipinski definition) is 3. The summed E-state index contributed by atoms with van der Waals surface area (Å²) in [5.41, 5.74) is 0. The van der Waals surface area contributed by atoms with Gasteiger partial charge in [0.05, 0.1) is 12.1 Å². The van der Waals surface area contributed by atoms with E-state index in [4.69, 9.17) is 6.42 Å². The van der Waals surface area contributed by atoms with Crippen LogP contribution in [0.5, 0.6) is 0 Å². The molecule has 12 heavy (non-hydrogen) atoms. The van der Waals surface area contributed by atoms with Crippen LogP contribution in [0.1, 0.15) is 0 Å². The lowest BCUT2D eigenvalue weighted by atomic mass is 10.2. The fourth-order valence-corrected chi connectivity index (χ4v) is 1.30. The van der Waals surface area contributed by atoms with Gasteiger partial charge in [0.25, 0.3) is 5.91 Å². The molecule has 0 aromatic heterocycles. The summed E-state index contributed by atoms with van der Waals surface area (Å²) in [4.78, 5) is 12.4. The van der Waals surface area contributed by atoms with Crippen LogP contribution in [0.3, 0.4) is 0 Å². The Bertz CT molecular complexity index is 222. The number of aliphatic hydroxyl groups excluding tert-OH is 1. The van der Waals surface area contributed by atoms with Gasteiger partial charge in [0.15, 0.2) is 0 Å². The SMILES string of the molecule is C#CC(=O)N(C)[C@H]1CNC[C@@H]1O. The molecule has 1 aliphatic rings. The largest absolute Gasteiger partial charge is 0.390 e. The molecule has 0 aromatic carbocycles. The molecular formula is C8H12N2O2. The van der Waals surface area contributed by atoms with Crippen molar-refractivity contribution in [3.63, 3.8) is 0 Å². The number of hydrogen-bond donors (Lipinski definition) is 2. The number of terminal acetylenes is 1. The molecule has 0 bridgehead atoms. The lowest BCUT2D eigenvalue weighted by Crippen LogP contribution is -2.43. The molecule has 0 aromatic rings. The number of likely N-dealkylation sites (N-methyl/N-ethyl adjacent to an activating group) is 1. The second-order valence-corrected chi connectivity index (χ2v) is 2.85. The van der Waals surface area contributed by atoms with Crippen molar-refractivity contribution in [1.82, 2.24) is 10.2 Å². The number of nitrogens with one attached hydrogen (secondary N) is 1. The molecule has 4 heteroatoms. The molecule has 0 radical (unpaired) electrons. The predicted molar refractivity (Wildman–Crippen MR) is 44.3 cm³/mol. The summed E-state index contributed by atoms with van der Waals surface area (Å²) in [5, 5.41) is 12.3. The first kappa shape index (κ1) is 9.04. The van der Waals surface area contributed by atoms with E-state index in [2.05, 4.69) is 5.32 Å². The lowest BCUT2D eigenvalue weighted by Gasteiger charge is -2.23. The summed E-state index contributed by atoms with van der Waals surface area (Å²) < 4.78 is 0. The normalized spacial score (nSPS) is 28.1. The molecule has 0 spiro atoms. The van der Waals surface area contributed by atoms with E-state index in [1.165, 1.54) is 4.90 Å². The number of carbonyl (C=O) groups is 1. The Morgan fingerprint density at radius 3 is 2.83 bits per heavy atom. The number of carbonyl (C=O) groups excluding carboxylic acids is 1. The number of nitrogens with zero attached hydrogens (tertiary/aromatic N) is 1. The molecule has 1 rings (SSSR count). The zero-order valence-corrected chi connectivity index (χ0v) is 6.95. The Kier molecular flexibility index (Phi) is 2.69. The van der Waals surface area contributed by atoms with Gasteiger partial charge in [0.2, 0.25) is 0 Å². The topological polar surface area (TPSA) is 52.6 Å². The van der Waals surface area contributed by atoms with Crippen LogP contribution in [0, 0.1) is 12.3 Å². The van der Waals surface area contributed by atoms with Gasteiger partial charge < -0.3 is 15.3 Å². The Hall–Kier alpha value is -1.05. The highest BCUT2D eigenvalue weighted by Crippen LogP contribution is 2.06. The van der Waals surface area contributed by atoms with Crippen molar-refractivity contribution >= 4 is 5.91 Å². The Balaban J connectivity index is 2.58. The highest BCUT2D eigenvalue weighted by atomic mass is 16.3. The van der Waals surface area contributed by atoms with Crippen LogP contribution >= 0.6 is 0 Å². The van der Waals surface area contributed by atoms with Gasteiger partial charge in [-0.2, -0.15) is 0 Å². The van der Waals surface area contributed by atoms with Crippen LogP contribution in [0.4, 0.5) is 0 Å². The van der Waals surface area contributed by atoms with Gasteiger partial charge in [-0.05, 0) is 5.92 Å². The molecule has 4 nitrogen and oxygen atoms in total. The third-order valence-corrected chi connectivity index (χ3v) is 2.09. The molecule has 1 aliphatic heterocycles. The fourth-order valence-electron chi connectivity index (χ4n) is 1.30. The van der Waals surface area contributed by atoms with Gasteiger partial charge in [-0.25, -0.2) is 0 Å². The molecule has 2 N–H and O–H groups in total. The van der Waals surface area contributed by atoms with E-state index in [1.807, 2.05) is 5.92 Å². The molecule has 1 amide bonds. The van der Waals surface area contributed by atoms with E-state index < -0.39 is 6.10 Å². The summed E-state index contributed by atoms with van der Waals surface area (Å²) in [6.07, 6.45) is 4.44. The minimum atomic E-state index is -0.507. The third-order valence-electron chi connectivity index (χ3n) is 2.09. The van der Waals surface area contributed by atoms with E-state index in [-0.39, 0.29) is 11.9 Å². The Morgan fingerprint density at radius 2 is 2.42 bits per heavy atom. The van der Waals surface area contributed by atoms with Gasteiger partial charge in [0.1, 0.15) is 0 Å². The predicted octanol–water partition coefficient (Wildman–Crippen LogP) is -1.59. The van der Waals surface area contributed by atoms with Gasteiger partial charge in [-0.1, -0.05) is 0 Å². The first-order chi connectivity index (χ1) is 5.66. The minimum Gasteiger partial charge on any atom is -0.390 e. The van der Waals surface area contributed by atoms with Crippen LogP contribution in [0.15, 0.2) is 0 Å². The maximum Gasteiger partial charge on any atom is 0.298 e. The van der Waals surface area contributed by atoms with E-state index in [0.29, 0.717) is 13.1 Å². The van der Waals surface area contributed by atoms with Gasteiger partial charge in [-0.3, -0.25) is 4.79 Å². The zero-order valence-electron chi connectivity index (χ0n) is 6.95. The lowest BCUT2D eigenvalue weighted by molar-refractivity contribution is -0.127. The quantitative estimate of drug-likeness (QED) is 0.464. The average Bonchev–Trinajstić information content (AvgIpc) is 2.48. The summed E-state index contributed by atoms with van der Waals surface area (Å²) in [6, 6.07) is -0.187. The van der Waals surface area contributed by atoms with Gasteiger partial charge in [0, 0.05) is 20.1 Å². The molecule has 1 heterocycles. The van der Waals surface area contributed by atoms with Crippen LogP contribution < -0.4 is 5.32 Å². The third kappa shape index (κ3) is 1.58. The van der Waals surface area contributed by atoms with Crippen LogP contribution in [-0.2, 0) is 4.79 Å². The summed E-state index contributed by atoms with van der Waals surface area (Å²) in [7, 11) is 1.60. The fraction of sp³-hybridized carbons (Fsp3) is 0.625. The van der Waals surface area contributed by atoms with E-state index in [0.717, 1.165) is 0 Å². The zero-order chi connectivity index (χ0) is 9.14. The van der Waals surface area contributed by atoms with Crippen LogP contribution in [0.25, 0.3) is 0 Å². The number of rotatable bonds is 1. The maximum absolute atomic E-state index is 11.0. The molecular weight excluding hydrogens is 156 g/mol. The average molecular weight is 168 g/mol. The Morgan fingerprint density at radius 1 is 1.75 bits per heavy atom. The van der Waals surface area contributed by atoms with Crippen molar-refractivity contribution < 1.29 is 9.90 Å². The Labute approximate surface area is 71.6 Å². The van der Waals surface area contributed by atoms with E-state index in [1.54, 1.807) is 7.05 Å². The molecule has 0 unspecified atom stereocenters. The minimum absolute atomic E-state index is 0.187. The molecule has 1 fully saturated rings. The van der Waals surface area contributed by atoms with Crippen molar-refractivity contribution in [2.24, 2.45) is 0 Å². The highest BCUT2D eigenvalue weighted by molar-refractivity contribution is 5.93. The van der Waals surface area contributed by atoms with E-state index in [9.17, 15) is 9.90 Å². The van der Waals surface area contributed by atoms with Crippen LogP contribution in [-0.4, -0.2) is 48.2 Å². The molecule has 2 atom stereocenters. The first-order valence-corrected chi connectivity index (χ1v) is 3.79. The second-order valence-electron chi connectivity index (χ2n) is 2.85. The van der Waals surface area contributed by atoms with Crippen molar-refractivity contribution in [2.45, 2.75) is 12.1 Å². The smallest absolute Gasteiger partial charge is 0.298 e. The number of amides is 1. The first-order valence-electron chi connectivity index (χ1n) is 3.79. The molecule has 0 aliphatic carbocycles. The van der Waals surface area contributed by atoms with Gasteiger partial charge in [-0.15, -0.1) is 6.42 Å².